The number of carbonyl (C=O) groups is 1. The van der Waals surface area contributed by atoms with Gasteiger partial charge in [-0.05, 0) is 26.7 Å². The molecule has 0 aliphatic heterocycles. The van der Waals surface area contributed by atoms with Crippen LogP contribution in [0.15, 0.2) is 0 Å². The average Bonchev–Trinajstić information content (AvgIpc) is 2.27. The largest absolute Gasteiger partial charge is 0.389 e. The number of rotatable bonds is 5. The lowest BCUT2D eigenvalue weighted by atomic mass is 9.65. The molecule has 5 nitrogen and oxygen atoms in total. The van der Waals surface area contributed by atoms with Gasteiger partial charge in [0, 0.05) is 24.2 Å². The van der Waals surface area contributed by atoms with Gasteiger partial charge in [-0.3, -0.25) is 14.9 Å². The molecule has 1 fully saturated rings. The number of ketones is 1. The fourth-order valence-corrected chi connectivity index (χ4v) is 2.93. The molecule has 0 bridgehead atoms. The molecule has 0 heterocycles. The molecule has 0 aromatic carbocycles. The van der Waals surface area contributed by atoms with Gasteiger partial charge in [-0.15, -0.1) is 0 Å². The van der Waals surface area contributed by atoms with Crippen LogP contribution in [0.25, 0.3) is 0 Å². The van der Waals surface area contributed by atoms with Crippen molar-refractivity contribution in [1.29, 1.82) is 0 Å². The predicted octanol–water partition coefficient (Wildman–Crippen LogP) is 2.33. The Morgan fingerprint density at radius 1 is 1.50 bits per heavy atom. The lowest BCUT2D eigenvalue weighted by Crippen LogP contribution is -2.53. The van der Waals surface area contributed by atoms with Gasteiger partial charge in [-0.25, -0.2) is 0 Å². The normalized spacial score (nSPS) is 36.3. The van der Waals surface area contributed by atoms with Crippen LogP contribution in [0, 0.1) is 16.0 Å². The average molecular weight is 257 g/mol. The van der Waals surface area contributed by atoms with E-state index in [1.807, 2.05) is 6.92 Å². The number of hydrogen-bond donors (Lipinski definition) is 1. The second kappa shape index (κ2) is 5.34. The second-order valence-electron chi connectivity index (χ2n) is 5.81. The molecule has 1 rings (SSSR count). The first-order valence-corrected chi connectivity index (χ1v) is 6.62. The zero-order valence-electron chi connectivity index (χ0n) is 11.4. The number of Topliss-reactive ketones (excluding diaryl/α,β-unsaturated/α-hetero) is 1. The number of nitrogens with zero attached hydrogens (tertiary/aromatic N) is 1. The molecule has 0 aromatic heterocycles. The van der Waals surface area contributed by atoms with Crippen LogP contribution >= 0.6 is 0 Å². The quantitative estimate of drug-likeness (QED) is 0.605. The summed E-state index contributed by atoms with van der Waals surface area (Å²) in [6, 6.07) is 0. The summed E-state index contributed by atoms with van der Waals surface area (Å²) in [6.45, 7) is 5.02. The maximum Gasteiger partial charge on any atom is 0.223 e. The third kappa shape index (κ3) is 2.88. The van der Waals surface area contributed by atoms with Gasteiger partial charge in [0.05, 0.1) is 11.5 Å². The van der Waals surface area contributed by atoms with E-state index in [1.54, 1.807) is 6.92 Å². The van der Waals surface area contributed by atoms with E-state index >= 15 is 0 Å². The van der Waals surface area contributed by atoms with Crippen molar-refractivity contribution >= 4 is 5.78 Å². The molecule has 0 saturated heterocycles. The first-order chi connectivity index (χ1) is 8.25. The summed E-state index contributed by atoms with van der Waals surface area (Å²) < 4.78 is 0. The van der Waals surface area contributed by atoms with Gasteiger partial charge in [-0.1, -0.05) is 13.3 Å². The number of hydrogen-bond acceptors (Lipinski definition) is 4. The molecule has 1 saturated carbocycles. The molecule has 1 aliphatic carbocycles. The fraction of sp³-hybridized carbons (Fsp3) is 0.923. The SMILES string of the molecule is CCCC[C@@]1([N+](=O)[O-])CC[C@@](C)(O)[C@H](C(C)=O)C1. The fourth-order valence-electron chi connectivity index (χ4n) is 2.93. The predicted molar refractivity (Wildman–Crippen MR) is 67.9 cm³/mol. The monoisotopic (exact) mass is 257 g/mol. The van der Waals surface area contributed by atoms with Crippen molar-refractivity contribution in [3.63, 3.8) is 0 Å². The van der Waals surface area contributed by atoms with Gasteiger partial charge in [0.1, 0.15) is 5.78 Å². The molecule has 0 spiro atoms. The van der Waals surface area contributed by atoms with Crippen molar-refractivity contribution in [2.24, 2.45) is 5.92 Å². The van der Waals surface area contributed by atoms with E-state index in [1.165, 1.54) is 6.92 Å². The van der Waals surface area contributed by atoms with Crippen molar-refractivity contribution in [3.8, 4) is 0 Å². The van der Waals surface area contributed by atoms with E-state index in [0.717, 1.165) is 12.8 Å². The number of aliphatic hydroxyl groups is 1. The smallest absolute Gasteiger partial charge is 0.223 e. The van der Waals surface area contributed by atoms with Crippen LogP contribution in [0.5, 0.6) is 0 Å². The molecule has 0 aromatic rings. The Hall–Kier alpha value is -0.970. The molecule has 104 valence electrons. The molecule has 18 heavy (non-hydrogen) atoms. The molecule has 3 atom stereocenters. The maximum absolute atomic E-state index is 11.6. The van der Waals surface area contributed by atoms with E-state index in [4.69, 9.17) is 0 Å². The second-order valence-corrected chi connectivity index (χ2v) is 5.81. The van der Waals surface area contributed by atoms with Gasteiger partial charge in [0.25, 0.3) is 0 Å². The molecule has 1 aliphatic rings. The van der Waals surface area contributed by atoms with Gasteiger partial charge in [0.2, 0.25) is 5.54 Å². The minimum Gasteiger partial charge on any atom is -0.389 e. The maximum atomic E-state index is 11.6. The zero-order valence-corrected chi connectivity index (χ0v) is 11.4. The molecular weight excluding hydrogens is 234 g/mol. The highest BCUT2D eigenvalue weighted by molar-refractivity contribution is 5.79. The molecule has 5 heteroatoms. The van der Waals surface area contributed by atoms with Crippen LogP contribution < -0.4 is 0 Å². The van der Waals surface area contributed by atoms with Crippen LogP contribution in [0.1, 0.15) is 59.3 Å². The van der Waals surface area contributed by atoms with Gasteiger partial charge in [0.15, 0.2) is 0 Å². The lowest BCUT2D eigenvalue weighted by Gasteiger charge is -2.42. The van der Waals surface area contributed by atoms with E-state index in [9.17, 15) is 20.0 Å². The molecular formula is C13H23NO4. The Kier molecular flexibility index (Phi) is 4.48. The van der Waals surface area contributed by atoms with Crippen molar-refractivity contribution in [1.82, 2.24) is 0 Å². The van der Waals surface area contributed by atoms with E-state index in [0.29, 0.717) is 19.3 Å². The van der Waals surface area contributed by atoms with Crippen molar-refractivity contribution < 1.29 is 14.8 Å². The van der Waals surface area contributed by atoms with E-state index in [2.05, 4.69) is 0 Å². The Morgan fingerprint density at radius 2 is 2.11 bits per heavy atom. The summed E-state index contributed by atoms with van der Waals surface area (Å²) in [5, 5.41) is 21.6. The summed E-state index contributed by atoms with van der Waals surface area (Å²) in [5.41, 5.74) is -2.12. The van der Waals surface area contributed by atoms with Crippen LogP contribution in [-0.4, -0.2) is 27.0 Å². The Bertz CT molecular complexity index is 340. The Balaban J connectivity index is 2.95. The zero-order chi connectivity index (χ0) is 14.0. The van der Waals surface area contributed by atoms with Crippen LogP contribution in [-0.2, 0) is 4.79 Å². The Morgan fingerprint density at radius 3 is 2.56 bits per heavy atom. The van der Waals surface area contributed by atoms with Gasteiger partial charge < -0.3 is 5.11 Å². The third-order valence-corrected chi connectivity index (χ3v) is 4.30. The van der Waals surface area contributed by atoms with Crippen molar-refractivity contribution in [2.75, 3.05) is 0 Å². The molecule has 0 unspecified atom stereocenters. The topological polar surface area (TPSA) is 80.4 Å². The van der Waals surface area contributed by atoms with Crippen LogP contribution in [0.2, 0.25) is 0 Å². The summed E-state index contributed by atoms with van der Waals surface area (Å²) in [5.74, 6) is -0.768. The van der Waals surface area contributed by atoms with Crippen molar-refractivity contribution in [2.45, 2.75) is 70.4 Å². The van der Waals surface area contributed by atoms with Crippen LogP contribution in [0.3, 0.4) is 0 Å². The summed E-state index contributed by atoms with van der Waals surface area (Å²) in [7, 11) is 0. The van der Waals surface area contributed by atoms with Gasteiger partial charge >= 0.3 is 0 Å². The highest BCUT2D eigenvalue weighted by Gasteiger charge is 2.54. The van der Waals surface area contributed by atoms with Gasteiger partial charge in [-0.2, -0.15) is 0 Å². The van der Waals surface area contributed by atoms with E-state index in [-0.39, 0.29) is 17.1 Å². The van der Waals surface area contributed by atoms with Crippen LogP contribution in [0.4, 0.5) is 0 Å². The Labute approximate surface area is 108 Å². The lowest BCUT2D eigenvalue weighted by molar-refractivity contribution is -0.579. The minimum absolute atomic E-state index is 0.151. The first-order valence-electron chi connectivity index (χ1n) is 6.62. The number of unbranched alkanes of at least 4 members (excludes halogenated alkanes) is 1. The standard InChI is InChI=1S/C13H23NO4/c1-4-5-6-13(14(17)18)8-7-12(3,16)11(9-13)10(2)15/h11,16H,4-9H2,1-3H3/t11-,12+,13+/m0/s1. The summed E-state index contributed by atoms with van der Waals surface area (Å²) in [6.07, 6.45) is 3.03. The summed E-state index contributed by atoms with van der Waals surface area (Å²) in [4.78, 5) is 22.8. The number of nitro groups is 1. The van der Waals surface area contributed by atoms with E-state index < -0.39 is 17.1 Å². The summed E-state index contributed by atoms with van der Waals surface area (Å²) >= 11 is 0. The highest BCUT2D eigenvalue weighted by Crippen LogP contribution is 2.43. The molecule has 0 amide bonds. The minimum atomic E-state index is -1.10. The van der Waals surface area contributed by atoms with Crippen molar-refractivity contribution in [3.05, 3.63) is 10.1 Å². The highest BCUT2D eigenvalue weighted by atomic mass is 16.6. The molecule has 1 N–H and O–H groups in total. The number of carbonyl (C=O) groups excluding carboxylic acids is 1. The first kappa shape index (κ1) is 15.1. The third-order valence-electron chi connectivity index (χ3n) is 4.30. The molecule has 0 radical (unpaired) electrons.